The van der Waals surface area contributed by atoms with Gasteiger partial charge in [0.2, 0.25) is 0 Å². The quantitative estimate of drug-likeness (QED) is 0.908. The molecule has 2 aromatic carbocycles. The summed E-state index contributed by atoms with van der Waals surface area (Å²) in [5.74, 6) is 1.35. The molecule has 0 spiro atoms. The summed E-state index contributed by atoms with van der Waals surface area (Å²) in [6.45, 7) is 2.48. The molecule has 5 nitrogen and oxygen atoms in total. The van der Waals surface area contributed by atoms with Crippen LogP contribution in [0.3, 0.4) is 0 Å². The Balaban J connectivity index is 1.76. The summed E-state index contributed by atoms with van der Waals surface area (Å²) in [6.07, 6.45) is 0.918. The number of methoxy groups -OCH3 is 2. The van der Waals surface area contributed by atoms with Gasteiger partial charge in [0.05, 0.1) is 14.2 Å². The van der Waals surface area contributed by atoms with Crippen molar-refractivity contribution in [3.05, 3.63) is 47.0 Å². The SMILES string of the molecule is COc1cc(CN2CCc3cc(OC)c(O)cc3C2)ccc1O. The van der Waals surface area contributed by atoms with Gasteiger partial charge in [-0.05, 0) is 47.4 Å². The normalized spacial score (nSPS) is 14.3. The van der Waals surface area contributed by atoms with Crippen molar-refractivity contribution < 1.29 is 19.7 Å². The fourth-order valence-corrected chi connectivity index (χ4v) is 3.01. The van der Waals surface area contributed by atoms with Gasteiger partial charge in [0.1, 0.15) is 0 Å². The first-order valence-corrected chi connectivity index (χ1v) is 7.57. The molecule has 0 radical (unpaired) electrons. The first-order valence-electron chi connectivity index (χ1n) is 7.57. The van der Waals surface area contributed by atoms with E-state index in [1.54, 1.807) is 26.4 Å². The lowest BCUT2D eigenvalue weighted by Gasteiger charge is -2.29. The van der Waals surface area contributed by atoms with Crippen LogP contribution in [-0.2, 0) is 19.5 Å². The molecule has 2 N–H and O–H groups in total. The first kappa shape index (κ1) is 15.5. The van der Waals surface area contributed by atoms with Crippen LogP contribution in [0.4, 0.5) is 0 Å². The second-order valence-corrected chi connectivity index (χ2v) is 5.76. The minimum Gasteiger partial charge on any atom is -0.504 e. The number of ether oxygens (including phenoxy) is 2. The van der Waals surface area contributed by atoms with Crippen LogP contribution in [-0.4, -0.2) is 35.9 Å². The van der Waals surface area contributed by atoms with Crippen LogP contribution in [0.25, 0.3) is 0 Å². The maximum Gasteiger partial charge on any atom is 0.160 e. The van der Waals surface area contributed by atoms with Crippen molar-refractivity contribution >= 4 is 0 Å². The molecule has 3 rings (SSSR count). The Morgan fingerprint density at radius 1 is 0.957 bits per heavy atom. The molecule has 1 aliphatic rings. The Morgan fingerprint density at radius 3 is 2.43 bits per heavy atom. The van der Waals surface area contributed by atoms with E-state index in [-0.39, 0.29) is 11.5 Å². The molecule has 0 fully saturated rings. The molecule has 122 valence electrons. The van der Waals surface area contributed by atoms with Crippen molar-refractivity contribution in [1.29, 1.82) is 0 Å². The Morgan fingerprint density at radius 2 is 1.70 bits per heavy atom. The summed E-state index contributed by atoms with van der Waals surface area (Å²) in [5.41, 5.74) is 3.43. The standard InChI is InChI=1S/C18H21NO4/c1-22-17-7-12(3-4-15(17)20)10-19-6-5-13-9-18(23-2)16(21)8-14(13)11-19/h3-4,7-9,20-21H,5-6,10-11H2,1-2H3. The van der Waals surface area contributed by atoms with E-state index in [1.807, 2.05) is 18.2 Å². The van der Waals surface area contributed by atoms with Crippen molar-refractivity contribution in [2.75, 3.05) is 20.8 Å². The zero-order chi connectivity index (χ0) is 16.4. The fourth-order valence-electron chi connectivity index (χ4n) is 3.01. The zero-order valence-corrected chi connectivity index (χ0v) is 13.4. The smallest absolute Gasteiger partial charge is 0.160 e. The molecular formula is C18H21NO4. The van der Waals surface area contributed by atoms with Crippen molar-refractivity contribution in [2.24, 2.45) is 0 Å². The topological polar surface area (TPSA) is 62.2 Å². The predicted molar refractivity (Wildman–Crippen MR) is 87.1 cm³/mol. The number of phenolic OH excluding ortho intramolecular Hbond substituents is 2. The molecule has 2 aromatic rings. The summed E-state index contributed by atoms with van der Waals surface area (Å²) >= 11 is 0. The van der Waals surface area contributed by atoms with Gasteiger partial charge in [-0.25, -0.2) is 0 Å². The zero-order valence-electron chi connectivity index (χ0n) is 13.4. The summed E-state index contributed by atoms with van der Waals surface area (Å²) in [4.78, 5) is 2.31. The van der Waals surface area contributed by atoms with Crippen LogP contribution in [0.5, 0.6) is 23.0 Å². The predicted octanol–water partition coefficient (Wildman–Crippen LogP) is 2.67. The molecule has 0 aliphatic carbocycles. The summed E-state index contributed by atoms with van der Waals surface area (Å²) in [6, 6.07) is 9.13. The van der Waals surface area contributed by atoms with Crippen LogP contribution >= 0.6 is 0 Å². The molecule has 0 saturated carbocycles. The summed E-state index contributed by atoms with van der Waals surface area (Å²) in [5, 5.41) is 19.6. The molecule has 0 unspecified atom stereocenters. The lowest BCUT2D eigenvalue weighted by Crippen LogP contribution is -2.30. The lowest BCUT2D eigenvalue weighted by molar-refractivity contribution is 0.244. The number of phenols is 2. The highest BCUT2D eigenvalue weighted by Crippen LogP contribution is 2.33. The van der Waals surface area contributed by atoms with Crippen molar-refractivity contribution in [3.63, 3.8) is 0 Å². The summed E-state index contributed by atoms with van der Waals surface area (Å²) in [7, 11) is 3.11. The second kappa shape index (κ2) is 6.38. The van der Waals surface area contributed by atoms with E-state index in [0.29, 0.717) is 11.5 Å². The number of aromatic hydroxyl groups is 2. The van der Waals surface area contributed by atoms with Gasteiger partial charge in [0, 0.05) is 19.6 Å². The van der Waals surface area contributed by atoms with Gasteiger partial charge in [0.15, 0.2) is 23.0 Å². The average Bonchev–Trinajstić information content (AvgIpc) is 2.56. The maximum absolute atomic E-state index is 9.95. The van der Waals surface area contributed by atoms with Gasteiger partial charge in [-0.2, -0.15) is 0 Å². The first-order chi connectivity index (χ1) is 11.1. The Labute approximate surface area is 135 Å². The van der Waals surface area contributed by atoms with Gasteiger partial charge >= 0.3 is 0 Å². The minimum absolute atomic E-state index is 0.150. The second-order valence-electron chi connectivity index (χ2n) is 5.76. The van der Waals surface area contributed by atoms with Crippen LogP contribution in [0.2, 0.25) is 0 Å². The molecule has 0 saturated heterocycles. The van der Waals surface area contributed by atoms with E-state index in [0.717, 1.165) is 37.2 Å². The minimum atomic E-state index is 0.150. The highest BCUT2D eigenvalue weighted by Gasteiger charge is 2.19. The van der Waals surface area contributed by atoms with E-state index in [1.165, 1.54) is 5.56 Å². The third kappa shape index (κ3) is 3.19. The monoisotopic (exact) mass is 315 g/mol. The van der Waals surface area contributed by atoms with Crippen LogP contribution < -0.4 is 9.47 Å². The molecule has 5 heteroatoms. The average molecular weight is 315 g/mol. The highest BCUT2D eigenvalue weighted by atomic mass is 16.5. The molecular weight excluding hydrogens is 294 g/mol. The molecule has 0 aromatic heterocycles. The van der Waals surface area contributed by atoms with Crippen LogP contribution in [0.15, 0.2) is 30.3 Å². The number of benzene rings is 2. The number of hydrogen-bond acceptors (Lipinski definition) is 5. The van der Waals surface area contributed by atoms with Gasteiger partial charge in [-0.15, -0.1) is 0 Å². The molecule has 0 atom stereocenters. The Kier molecular flexibility index (Phi) is 4.30. The van der Waals surface area contributed by atoms with Gasteiger partial charge in [-0.1, -0.05) is 6.07 Å². The van der Waals surface area contributed by atoms with Crippen LogP contribution in [0, 0.1) is 0 Å². The van der Waals surface area contributed by atoms with Gasteiger partial charge in [-0.3, -0.25) is 4.90 Å². The van der Waals surface area contributed by atoms with Crippen molar-refractivity contribution in [1.82, 2.24) is 4.90 Å². The highest BCUT2D eigenvalue weighted by molar-refractivity contribution is 5.47. The van der Waals surface area contributed by atoms with E-state index in [9.17, 15) is 10.2 Å². The Bertz CT molecular complexity index is 714. The number of fused-ring (bicyclic) bond motifs is 1. The fraction of sp³-hybridized carbons (Fsp3) is 0.333. The molecule has 0 bridgehead atoms. The number of hydrogen-bond donors (Lipinski definition) is 2. The van der Waals surface area contributed by atoms with E-state index in [4.69, 9.17) is 9.47 Å². The maximum atomic E-state index is 9.95. The Hall–Kier alpha value is -2.40. The van der Waals surface area contributed by atoms with Gasteiger partial charge in [0.25, 0.3) is 0 Å². The largest absolute Gasteiger partial charge is 0.504 e. The van der Waals surface area contributed by atoms with E-state index >= 15 is 0 Å². The van der Waals surface area contributed by atoms with Crippen LogP contribution in [0.1, 0.15) is 16.7 Å². The molecule has 0 amide bonds. The van der Waals surface area contributed by atoms with Gasteiger partial charge < -0.3 is 19.7 Å². The van der Waals surface area contributed by atoms with Crippen molar-refractivity contribution in [3.8, 4) is 23.0 Å². The summed E-state index contributed by atoms with van der Waals surface area (Å²) < 4.78 is 10.3. The number of rotatable bonds is 4. The molecule has 1 aliphatic heterocycles. The van der Waals surface area contributed by atoms with E-state index in [2.05, 4.69) is 4.90 Å². The molecule has 23 heavy (non-hydrogen) atoms. The molecule has 1 heterocycles. The lowest BCUT2D eigenvalue weighted by atomic mass is 9.98. The van der Waals surface area contributed by atoms with E-state index < -0.39 is 0 Å². The number of nitrogens with zero attached hydrogens (tertiary/aromatic N) is 1. The van der Waals surface area contributed by atoms with Crippen molar-refractivity contribution in [2.45, 2.75) is 19.5 Å². The third-order valence-electron chi connectivity index (χ3n) is 4.24. The third-order valence-corrected chi connectivity index (χ3v) is 4.24.